The van der Waals surface area contributed by atoms with Crippen LogP contribution in [0.5, 0.6) is 0 Å². The molecular formula is C27H30N4O3. The normalized spacial score (nSPS) is 16.3. The van der Waals surface area contributed by atoms with Gasteiger partial charge >= 0.3 is 0 Å². The maximum Gasteiger partial charge on any atom is 0.267 e. The summed E-state index contributed by atoms with van der Waals surface area (Å²) in [5.41, 5.74) is 6.88. The van der Waals surface area contributed by atoms with Gasteiger partial charge in [0.05, 0.1) is 0 Å². The van der Waals surface area contributed by atoms with Crippen molar-refractivity contribution in [3.05, 3.63) is 77.0 Å². The first-order valence-electron chi connectivity index (χ1n) is 12.0. The number of aromatic nitrogens is 1. The topological polar surface area (TPSA) is 77.8 Å². The molecule has 0 saturated carbocycles. The third kappa shape index (κ3) is 4.49. The molecule has 0 radical (unpaired) electrons. The van der Waals surface area contributed by atoms with Gasteiger partial charge in [-0.3, -0.25) is 14.8 Å². The molecule has 1 saturated heterocycles. The molecule has 3 aromatic rings. The Labute approximate surface area is 199 Å². The SMILES string of the molecule is O=C(/C=C/c1ccc2c(c1)c1c(n2CCN2CCCC2)CCN(C(=O)c2ccccc2)C1)NO. The number of fused-ring (bicyclic) bond motifs is 3. The Hall–Kier alpha value is -3.42. The lowest BCUT2D eigenvalue weighted by atomic mass is 10.0. The monoisotopic (exact) mass is 458 g/mol. The second kappa shape index (κ2) is 9.83. The van der Waals surface area contributed by atoms with Crippen molar-refractivity contribution in [3.8, 4) is 0 Å². The number of nitrogens with one attached hydrogen (secondary N) is 1. The Morgan fingerprint density at radius 1 is 1.00 bits per heavy atom. The van der Waals surface area contributed by atoms with Crippen LogP contribution in [0.4, 0.5) is 0 Å². The molecule has 0 unspecified atom stereocenters. The summed E-state index contributed by atoms with van der Waals surface area (Å²) in [4.78, 5) is 29.1. The maximum absolute atomic E-state index is 13.2. The van der Waals surface area contributed by atoms with Gasteiger partial charge in [0.25, 0.3) is 11.8 Å². The van der Waals surface area contributed by atoms with Crippen molar-refractivity contribution in [2.75, 3.05) is 26.2 Å². The predicted octanol–water partition coefficient (Wildman–Crippen LogP) is 3.45. The summed E-state index contributed by atoms with van der Waals surface area (Å²) < 4.78 is 2.43. The second-order valence-electron chi connectivity index (χ2n) is 9.05. The van der Waals surface area contributed by atoms with Crippen molar-refractivity contribution >= 4 is 28.8 Å². The number of hydroxylamine groups is 1. The van der Waals surface area contributed by atoms with Crippen LogP contribution in [0.1, 0.15) is 40.0 Å². The Kier molecular flexibility index (Phi) is 6.47. The van der Waals surface area contributed by atoms with Crippen LogP contribution in [0.3, 0.4) is 0 Å². The number of nitrogens with zero attached hydrogens (tertiary/aromatic N) is 3. The number of hydrogen-bond donors (Lipinski definition) is 2. The number of carbonyl (C=O) groups is 2. The Balaban J connectivity index is 1.49. The van der Waals surface area contributed by atoms with Gasteiger partial charge in [0.15, 0.2) is 0 Å². The first-order chi connectivity index (χ1) is 16.6. The zero-order valence-electron chi connectivity index (χ0n) is 19.2. The predicted molar refractivity (Wildman–Crippen MR) is 131 cm³/mol. The fourth-order valence-electron chi connectivity index (χ4n) is 5.22. The van der Waals surface area contributed by atoms with Crippen LogP contribution in [0.25, 0.3) is 17.0 Å². The molecule has 1 fully saturated rings. The number of amides is 2. The van der Waals surface area contributed by atoms with Crippen LogP contribution in [-0.2, 0) is 24.3 Å². The van der Waals surface area contributed by atoms with Gasteiger partial charge in [0.2, 0.25) is 0 Å². The Morgan fingerprint density at radius 2 is 1.79 bits per heavy atom. The molecule has 176 valence electrons. The Bertz CT molecular complexity index is 1230. The van der Waals surface area contributed by atoms with Crippen molar-refractivity contribution in [3.63, 3.8) is 0 Å². The molecule has 2 amide bonds. The van der Waals surface area contributed by atoms with E-state index >= 15 is 0 Å². The lowest BCUT2D eigenvalue weighted by Gasteiger charge is -2.29. The van der Waals surface area contributed by atoms with Gasteiger partial charge in [-0.25, -0.2) is 5.48 Å². The third-order valence-corrected chi connectivity index (χ3v) is 6.96. The number of likely N-dealkylation sites (tertiary alicyclic amines) is 1. The molecule has 2 aliphatic rings. The molecule has 7 heteroatoms. The maximum atomic E-state index is 13.2. The summed E-state index contributed by atoms with van der Waals surface area (Å²) in [6, 6.07) is 15.6. The molecule has 0 spiro atoms. The van der Waals surface area contributed by atoms with Crippen LogP contribution >= 0.6 is 0 Å². The van der Waals surface area contributed by atoms with E-state index in [-0.39, 0.29) is 5.91 Å². The van der Waals surface area contributed by atoms with Gasteiger partial charge in [0, 0.05) is 66.4 Å². The first kappa shape index (κ1) is 22.4. The molecule has 2 aromatic carbocycles. The molecule has 3 heterocycles. The highest BCUT2D eigenvalue weighted by Crippen LogP contribution is 2.33. The number of benzene rings is 2. The van der Waals surface area contributed by atoms with E-state index in [1.165, 1.54) is 48.8 Å². The van der Waals surface area contributed by atoms with Gasteiger partial charge in [0.1, 0.15) is 0 Å². The van der Waals surface area contributed by atoms with Crippen LogP contribution in [0, 0.1) is 0 Å². The summed E-state index contributed by atoms with van der Waals surface area (Å²) in [6.07, 6.45) is 6.37. The highest BCUT2D eigenvalue weighted by molar-refractivity contribution is 5.96. The summed E-state index contributed by atoms with van der Waals surface area (Å²) in [5.74, 6) is -0.509. The molecule has 0 atom stereocenters. The minimum Gasteiger partial charge on any atom is -0.343 e. The minimum atomic E-state index is -0.565. The number of hydrogen-bond acceptors (Lipinski definition) is 4. The first-order valence-corrected chi connectivity index (χ1v) is 12.0. The average Bonchev–Trinajstić information content (AvgIpc) is 3.51. The van der Waals surface area contributed by atoms with Crippen LogP contribution < -0.4 is 5.48 Å². The van der Waals surface area contributed by atoms with E-state index in [9.17, 15) is 9.59 Å². The van der Waals surface area contributed by atoms with Crippen molar-refractivity contribution in [2.45, 2.75) is 32.4 Å². The molecule has 1 aromatic heterocycles. The molecular weight excluding hydrogens is 428 g/mol. The van der Waals surface area contributed by atoms with E-state index in [4.69, 9.17) is 5.21 Å². The Morgan fingerprint density at radius 3 is 2.56 bits per heavy atom. The summed E-state index contributed by atoms with van der Waals surface area (Å²) in [6.45, 7) is 5.57. The molecule has 5 rings (SSSR count). The van der Waals surface area contributed by atoms with E-state index in [0.717, 1.165) is 30.5 Å². The summed E-state index contributed by atoms with van der Waals surface area (Å²) in [7, 11) is 0. The number of rotatable bonds is 6. The molecule has 34 heavy (non-hydrogen) atoms. The van der Waals surface area contributed by atoms with E-state index in [2.05, 4.69) is 21.6 Å². The van der Waals surface area contributed by atoms with Gasteiger partial charge in [-0.15, -0.1) is 0 Å². The van der Waals surface area contributed by atoms with Crippen LogP contribution in [-0.4, -0.2) is 57.6 Å². The standard InChI is InChI=1S/C27H30N4O3/c32-26(28-34)11-9-20-8-10-24-22(18-20)23-19-30(27(33)21-6-2-1-3-7-21)15-12-25(23)31(24)17-16-29-13-4-5-14-29/h1-3,6-11,18,34H,4-5,12-17,19H2,(H,28,32)/b11-9+. The van der Waals surface area contributed by atoms with E-state index < -0.39 is 5.91 Å². The minimum absolute atomic E-state index is 0.0554. The highest BCUT2D eigenvalue weighted by Gasteiger charge is 2.27. The van der Waals surface area contributed by atoms with E-state index in [1.807, 2.05) is 41.3 Å². The van der Waals surface area contributed by atoms with E-state index in [1.54, 1.807) is 11.6 Å². The second-order valence-corrected chi connectivity index (χ2v) is 9.05. The molecule has 2 N–H and O–H groups in total. The van der Waals surface area contributed by atoms with Gasteiger partial charge in [-0.2, -0.15) is 0 Å². The molecule has 0 aliphatic carbocycles. The zero-order valence-corrected chi connectivity index (χ0v) is 19.2. The molecule has 7 nitrogen and oxygen atoms in total. The average molecular weight is 459 g/mol. The highest BCUT2D eigenvalue weighted by atomic mass is 16.5. The van der Waals surface area contributed by atoms with Gasteiger partial charge in [-0.05, 0) is 61.8 Å². The lowest BCUT2D eigenvalue weighted by molar-refractivity contribution is -0.124. The van der Waals surface area contributed by atoms with Crippen LogP contribution in [0.15, 0.2) is 54.6 Å². The molecule has 0 bridgehead atoms. The summed E-state index contributed by atoms with van der Waals surface area (Å²) >= 11 is 0. The quantitative estimate of drug-likeness (QED) is 0.337. The van der Waals surface area contributed by atoms with Gasteiger partial charge < -0.3 is 14.4 Å². The summed E-state index contributed by atoms with van der Waals surface area (Å²) in [5, 5.41) is 9.89. The van der Waals surface area contributed by atoms with Crippen molar-refractivity contribution < 1.29 is 14.8 Å². The van der Waals surface area contributed by atoms with Crippen molar-refractivity contribution in [1.82, 2.24) is 19.8 Å². The largest absolute Gasteiger partial charge is 0.343 e. The molecule has 2 aliphatic heterocycles. The van der Waals surface area contributed by atoms with Gasteiger partial charge in [-0.1, -0.05) is 24.3 Å². The third-order valence-electron chi connectivity index (χ3n) is 6.96. The zero-order chi connectivity index (χ0) is 23.5. The van der Waals surface area contributed by atoms with Crippen molar-refractivity contribution in [2.24, 2.45) is 0 Å². The van der Waals surface area contributed by atoms with Crippen LogP contribution in [0.2, 0.25) is 0 Å². The fraction of sp³-hybridized carbons (Fsp3) is 0.333. The number of carbonyl (C=O) groups excluding carboxylic acids is 2. The smallest absolute Gasteiger partial charge is 0.267 e. The van der Waals surface area contributed by atoms with Crippen molar-refractivity contribution in [1.29, 1.82) is 0 Å². The fourth-order valence-corrected chi connectivity index (χ4v) is 5.22. The lowest BCUT2D eigenvalue weighted by Crippen LogP contribution is -2.36. The van der Waals surface area contributed by atoms with E-state index in [0.29, 0.717) is 18.7 Å².